The van der Waals surface area contributed by atoms with Gasteiger partial charge in [-0.25, -0.2) is 0 Å². The molecule has 0 unspecified atom stereocenters. The van der Waals surface area contributed by atoms with E-state index in [1.54, 1.807) is 14.2 Å². The monoisotopic (exact) mass is 348 g/mol. The van der Waals surface area contributed by atoms with Gasteiger partial charge < -0.3 is 14.8 Å². The fraction of sp³-hybridized carbons (Fsp3) is 0.650. The molecular formula is C20H32N2O3. The summed E-state index contributed by atoms with van der Waals surface area (Å²) in [6.45, 7) is 7.83. The first-order valence-corrected chi connectivity index (χ1v) is 9.24. The Hall–Kier alpha value is -1.75. The second-order valence-electron chi connectivity index (χ2n) is 7.20. The van der Waals surface area contributed by atoms with Crippen molar-refractivity contribution in [2.75, 3.05) is 33.9 Å². The smallest absolute Gasteiger partial charge is 0.223 e. The highest BCUT2D eigenvalue weighted by Crippen LogP contribution is 2.27. The highest BCUT2D eigenvalue weighted by molar-refractivity contribution is 5.78. The van der Waals surface area contributed by atoms with Gasteiger partial charge in [-0.3, -0.25) is 9.69 Å². The molecule has 2 rings (SSSR count). The van der Waals surface area contributed by atoms with E-state index >= 15 is 0 Å². The zero-order valence-electron chi connectivity index (χ0n) is 16.0. The van der Waals surface area contributed by atoms with Crippen LogP contribution in [0.25, 0.3) is 0 Å². The van der Waals surface area contributed by atoms with Crippen molar-refractivity contribution in [3.63, 3.8) is 0 Å². The quantitative estimate of drug-likeness (QED) is 0.784. The first-order chi connectivity index (χ1) is 12.0. The van der Waals surface area contributed by atoms with Crippen LogP contribution in [0.3, 0.4) is 0 Å². The van der Waals surface area contributed by atoms with Crippen molar-refractivity contribution in [1.29, 1.82) is 0 Å². The lowest BCUT2D eigenvalue weighted by Crippen LogP contribution is -2.40. The van der Waals surface area contributed by atoms with E-state index in [0.29, 0.717) is 5.92 Å². The van der Waals surface area contributed by atoms with E-state index in [1.807, 2.05) is 18.2 Å². The SMILES string of the molecule is COc1ccc(OC)c(CN2CCC(C(=O)NCCC(C)C)CC2)c1. The van der Waals surface area contributed by atoms with E-state index < -0.39 is 0 Å². The third kappa shape index (κ3) is 5.92. The number of methoxy groups -OCH3 is 2. The maximum Gasteiger partial charge on any atom is 0.223 e. The van der Waals surface area contributed by atoms with Crippen LogP contribution in [0.1, 0.15) is 38.7 Å². The molecule has 1 N–H and O–H groups in total. The first kappa shape index (κ1) is 19.6. The largest absolute Gasteiger partial charge is 0.497 e. The lowest BCUT2D eigenvalue weighted by molar-refractivity contribution is -0.126. The minimum Gasteiger partial charge on any atom is -0.497 e. The maximum atomic E-state index is 12.3. The minimum absolute atomic E-state index is 0.149. The van der Waals surface area contributed by atoms with Gasteiger partial charge in [-0.1, -0.05) is 13.8 Å². The number of carbonyl (C=O) groups excluding carboxylic acids is 1. The molecular weight excluding hydrogens is 316 g/mol. The predicted octanol–water partition coefficient (Wildman–Crippen LogP) is 3.08. The van der Waals surface area contributed by atoms with E-state index in [-0.39, 0.29) is 11.8 Å². The van der Waals surface area contributed by atoms with Crippen LogP contribution >= 0.6 is 0 Å². The van der Waals surface area contributed by atoms with Gasteiger partial charge in [0.05, 0.1) is 14.2 Å². The van der Waals surface area contributed by atoms with Gasteiger partial charge in [-0.15, -0.1) is 0 Å². The summed E-state index contributed by atoms with van der Waals surface area (Å²) in [6, 6.07) is 5.89. The Labute approximate surface area is 151 Å². The standard InChI is InChI=1S/C20H32N2O3/c1-15(2)7-10-21-20(23)16-8-11-22(12-9-16)14-17-13-18(24-3)5-6-19(17)25-4/h5-6,13,15-16H,7-12,14H2,1-4H3,(H,21,23). The predicted molar refractivity (Wildman–Crippen MR) is 100 cm³/mol. The summed E-state index contributed by atoms with van der Waals surface area (Å²) in [6.07, 6.45) is 2.87. The fourth-order valence-corrected chi connectivity index (χ4v) is 3.23. The average molecular weight is 348 g/mol. The molecule has 0 aliphatic carbocycles. The Kier molecular flexibility index (Phi) is 7.56. The molecule has 0 radical (unpaired) electrons. The molecule has 1 saturated heterocycles. The maximum absolute atomic E-state index is 12.3. The van der Waals surface area contributed by atoms with Crippen molar-refractivity contribution in [3.8, 4) is 11.5 Å². The molecule has 25 heavy (non-hydrogen) atoms. The van der Waals surface area contributed by atoms with Crippen LogP contribution in [0.2, 0.25) is 0 Å². The van der Waals surface area contributed by atoms with E-state index in [0.717, 1.165) is 62.5 Å². The van der Waals surface area contributed by atoms with Crippen LogP contribution in [0.15, 0.2) is 18.2 Å². The number of rotatable bonds is 8. The van der Waals surface area contributed by atoms with Gasteiger partial charge in [0, 0.05) is 24.6 Å². The van der Waals surface area contributed by atoms with Crippen LogP contribution in [0, 0.1) is 11.8 Å². The number of nitrogens with zero attached hydrogens (tertiary/aromatic N) is 1. The Morgan fingerprint density at radius 3 is 2.56 bits per heavy atom. The zero-order valence-corrected chi connectivity index (χ0v) is 16.0. The van der Waals surface area contributed by atoms with E-state index in [9.17, 15) is 4.79 Å². The number of carbonyl (C=O) groups is 1. The van der Waals surface area contributed by atoms with Crippen molar-refractivity contribution >= 4 is 5.91 Å². The highest BCUT2D eigenvalue weighted by Gasteiger charge is 2.25. The number of hydrogen-bond acceptors (Lipinski definition) is 4. The van der Waals surface area contributed by atoms with Crippen LogP contribution in [-0.2, 0) is 11.3 Å². The number of benzene rings is 1. The van der Waals surface area contributed by atoms with Crippen LogP contribution in [0.5, 0.6) is 11.5 Å². The molecule has 0 atom stereocenters. The second-order valence-corrected chi connectivity index (χ2v) is 7.20. The molecule has 1 aliphatic heterocycles. The van der Waals surface area contributed by atoms with Crippen LogP contribution in [-0.4, -0.2) is 44.7 Å². The van der Waals surface area contributed by atoms with Crippen molar-refractivity contribution < 1.29 is 14.3 Å². The Bertz CT molecular complexity index is 552. The Morgan fingerprint density at radius 1 is 1.24 bits per heavy atom. The van der Waals surface area contributed by atoms with Crippen molar-refractivity contribution in [2.24, 2.45) is 11.8 Å². The number of piperidine rings is 1. The summed E-state index contributed by atoms with van der Waals surface area (Å²) < 4.78 is 10.8. The summed E-state index contributed by atoms with van der Waals surface area (Å²) in [5.41, 5.74) is 1.13. The Morgan fingerprint density at radius 2 is 1.96 bits per heavy atom. The molecule has 5 nitrogen and oxygen atoms in total. The Balaban J connectivity index is 1.83. The number of ether oxygens (including phenoxy) is 2. The molecule has 1 aliphatic rings. The molecule has 0 saturated carbocycles. The van der Waals surface area contributed by atoms with E-state index in [1.165, 1.54) is 0 Å². The first-order valence-electron chi connectivity index (χ1n) is 9.24. The van der Waals surface area contributed by atoms with Gasteiger partial charge in [-0.05, 0) is 56.5 Å². The normalized spacial score (nSPS) is 16.0. The molecule has 0 bridgehead atoms. The summed E-state index contributed by atoms with van der Waals surface area (Å²) in [5.74, 6) is 2.72. The van der Waals surface area contributed by atoms with Crippen molar-refractivity contribution in [2.45, 2.75) is 39.7 Å². The lowest BCUT2D eigenvalue weighted by atomic mass is 9.95. The summed E-state index contributed by atoms with van der Waals surface area (Å²) in [4.78, 5) is 14.6. The minimum atomic E-state index is 0.149. The van der Waals surface area contributed by atoms with Crippen molar-refractivity contribution in [3.05, 3.63) is 23.8 Å². The van der Waals surface area contributed by atoms with Crippen molar-refractivity contribution in [1.82, 2.24) is 10.2 Å². The van der Waals surface area contributed by atoms with E-state index in [2.05, 4.69) is 24.1 Å². The van der Waals surface area contributed by atoms with Gasteiger partial charge >= 0.3 is 0 Å². The van der Waals surface area contributed by atoms with Crippen LogP contribution in [0.4, 0.5) is 0 Å². The molecule has 1 heterocycles. The lowest BCUT2D eigenvalue weighted by Gasteiger charge is -2.31. The number of nitrogens with one attached hydrogen (secondary N) is 1. The fourth-order valence-electron chi connectivity index (χ4n) is 3.23. The molecule has 1 amide bonds. The van der Waals surface area contributed by atoms with Gasteiger partial charge in [0.25, 0.3) is 0 Å². The molecule has 5 heteroatoms. The number of likely N-dealkylation sites (tertiary alicyclic amines) is 1. The third-order valence-corrected chi connectivity index (χ3v) is 4.86. The summed E-state index contributed by atoms with van der Waals surface area (Å²) >= 11 is 0. The highest BCUT2D eigenvalue weighted by atomic mass is 16.5. The number of hydrogen-bond donors (Lipinski definition) is 1. The molecule has 1 aromatic rings. The molecule has 1 aromatic carbocycles. The third-order valence-electron chi connectivity index (χ3n) is 4.86. The van der Waals surface area contributed by atoms with E-state index in [4.69, 9.17) is 9.47 Å². The van der Waals surface area contributed by atoms with Crippen LogP contribution < -0.4 is 14.8 Å². The van der Waals surface area contributed by atoms with Gasteiger partial charge in [0.2, 0.25) is 5.91 Å². The van der Waals surface area contributed by atoms with Gasteiger partial charge in [0.1, 0.15) is 11.5 Å². The molecule has 0 spiro atoms. The number of amides is 1. The summed E-state index contributed by atoms with van der Waals surface area (Å²) in [5, 5.41) is 3.09. The molecule has 1 fully saturated rings. The topological polar surface area (TPSA) is 50.8 Å². The second kappa shape index (κ2) is 9.66. The van der Waals surface area contributed by atoms with Gasteiger partial charge in [-0.2, -0.15) is 0 Å². The van der Waals surface area contributed by atoms with Gasteiger partial charge in [0.15, 0.2) is 0 Å². The summed E-state index contributed by atoms with van der Waals surface area (Å²) in [7, 11) is 3.37. The average Bonchev–Trinajstić information content (AvgIpc) is 2.61. The zero-order chi connectivity index (χ0) is 18.2. The molecule has 0 aromatic heterocycles. The molecule has 140 valence electrons.